The summed E-state index contributed by atoms with van der Waals surface area (Å²) in [7, 11) is 0. The van der Waals surface area contributed by atoms with Crippen molar-refractivity contribution in [1.82, 2.24) is 5.32 Å². The molecule has 4 nitrogen and oxygen atoms in total. The van der Waals surface area contributed by atoms with Crippen LogP contribution in [0, 0.1) is 0 Å². The van der Waals surface area contributed by atoms with Crippen LogP contribution in [0.2, 0.25) is 0 Å². The molecule has 0 saturated heterocycles. The molecule has 0 heterocycles. The number of hydrogen-bond donors (Lipinski definition) is 2. The maximum Gasteiger partial charge on any atom is 0.404 e. The maximum atomic E-state index is 10.3. The molecule has 17 heavy (non-hydrogen) atoms. The summed E-state index contributed by atoms with van der Waals surface area (Å²) in [5.41, 5.74) is 1.10. The molecule has 0 bridgehead atoms. The second-order valence-electron chi connectivity index (χ2n) is 3.83. The summed E-state index contributed by atoms with van der Waals surface area (Å²) in [6.45, 7) is 3.31. The van der Waals surface area contributed by atoms with Crippen LogP contribution >= 0.6 is 0 Å². The molecule has 0 aliphatic heterocycles. The third-order valence-corrected chi connectivity index (χ3v) is 2.38. The fourth-order valence-corrected chi connectivity index (χ4v) is 1.40. The van der Waals surface area contributed by atoms with Crippen molar-refractivity contribution in [1.29, 1.82) is 0 Å². The first-order valence-corrected chi connectivity index (χ1v) is 5.91. The van der Waals surface area contributed by atoms with Gasteiger partial charge in [0.1, 0.15) is 5.75 Å². The third kappa shape index (κ3) is 5.80. The van der Waals surface area contributed by atoms with Crippen LogP contribution in [0.25, 0.3) is 0 Å². The van der Waals surface area contributed by atoms with Crippen LogP contribution in [-0.2, 0) is 6.42 Å². The Morgan fingerprint density at radius 1 is 1.35 bits per heavy atom. The van der Waals surface area contributed by atoms with Crippen LogP contribution in [0.3, 0.4) is 0 Å². The first-order valence-electron chi connectivity index (χ1n) is 5.91. The molecular weight excluding hydrogens is 218 g/mol. The minimum atomic E-state index is -0.982. The molecular formula is C13H19NO3. The summed E-state index contributed by atoms with van der Waals surface area (Å²) in [5, 5.41) is 10.8. The molecule has 0 aliphatic rings. The standard InChI is InChI=1S/C13H19NO3/c1-2-3-10-17-12-6-4-11(5-7-12)8-9-14-13(15)16/h4-7,14H,2-3,8-10H2,1H3,(H,15,16). The van der Waals surface area contributed by atoms with E-state index in [-0.39, 0.29) is 0 Å². The summed E-state index contributed by atoms with van der Waals surface area (Å²) in [6, 6.07) is 7.77. The molecule has 0 atom stereocenters. The molecule has 2 N–H and O–H groups in total. The average Bonchev–Trinajstić information content (AvgIpc) is 2.31. The Balaban J connectivity index is 2.31. The van der Waals surface area contributed by atoms with E-state index in [9.17, 15) is 4.79 Å². The number of amides is 1. The SMILES string of the molecule is CCCCOc1ccc(CCNC(=O)O)cc1. The number of carbonyl (C=O) groups is 1. The fourth-order valence-electron chi connectivity index (χ4n) is 1.40. The lowest BCUT2D eigenvalue weighted by atomic mass is 10.1. The number of carboxylic acid groups (broad SMARTS) is 1. The lowest BCUT2D eigenvalue weighted by Crippen LogP contribution is -2.23. The summed E-state index contributed by atoms with van der Waals surface area (Å²) in [5.74, 6) is 0.869. The Kier molecular flexibility index (Phi) is 5.93. The molecule has 0 saturated carbocycles. The molecule has 0 unspecified atom stereocenters. The lowest BCUT2D eigenvalue weighted by molar-refractivity contribution is 0.194. The predicted octanol–water partition coefficient (Wildman–Crippen LogP) is 2.68. The number of benzene rings is 1. The zero-order chi connectivity index (χ0) is 12.5. The van der Waals surface area contributed by atoms with Gasteiger partial charge in [0.05, 0.1) is 6.61 Å². The van der Waals surface area contributed by atoms with Crippen molar-refractivity contribution in [2.75, 3.05) is 13.2 Å². The van der Waals surface area contributed by atoms with Gasteiger partial charge in [-0.25, -0.2) is 4.79 Å². The van der Waals surface area contributed by atoms with Crippen molar-refractivity contribution in [3.8, 4) is 5.75 Å². The number of unbranched alkanes of at least 4 members (excludes halogenated alkanes) is 1. The molecule has 1 rings (SSSR count). The van der Waals surface area contributed by atoms with Crippen LogP contribution in [-0.4, -0.2) is 24.4 Å². The quantitative estimate of drug-likeness (QED) is 0.717. The van der Waals surface area contributed by atoms with E-state index in [1.165, 1.54) is 0 Å². The zero-order valence-corrected chi connectivity index (χ0v) is 10.1. The summed E-state index contributed by atoms with van der Waals surface area (Å²) < 4.78 is 5.53. The molecule has 4 heteroatoms. The number of hydrogen-bond acceptors (Lipinski definition) is 2. The van der Waals surface area contributed by atoms with Crippen molar-refractivity contribution in [2.45, 2.75) is 26.2 Å². The Morgan fingerprint density at radius 2 is 2.06 bits per heavy atom. The van der Waals surface area contributed by atoms with Crippen molar-refractivity contribution < 1.29 is 14.6 Å². The van der Waals surface area contributed by atoms with E-state index in [2.05, 4.69) is 12.2 Å². The van der Waals surface area contributed by atoms with E-state index in [4.69, 9.17) is 9.84 Å². The Hall–Kier alpha value is -1.71. The van der Waals surface area contributed by atoms with Crippen LogP contribution in [0.5, 0.6) is 5.75 Å². The highest BCUT2D eigenvalue weighted by atomic mass is 16.5. The molecule has 1 aromatic rings. The van der Waals surface area contributed by atoms with E-state index in [1.54, 1.807) is 0 Å². The topological polar surface area (TPSA) is 58.6 Å². The van der Waals surface area contributed by atoms with E-state index >= 15 is 0 Å². The molecule has 0 radical (unpaired) electrons. The number of rotatable bonds is 7. The first-order chi connectivity index (χ1) is 8.22. The van der Waals surface area contributed by atoms with Gasteiger partial charge in [-0.15, -0.1) is 0 Å². The minimum absolute atomic E-state index is 0.436. The van der Waals surface area contributed by atoms with E-state index < -0.39 is 6.09 Å². The van der Waals surface area contributed by atoms with Gasteiger partial charge in [0.2, 0.25) is 0 Å². The van der Waals surface area contributed by atoms with Crippen LogP contribution in [0.1, 0.15) is 25.3 Å². The zero-order valence-electron chi connectivity index (χ0n) is 10.1. The van der Waals surface area contributed by atoms with E-state index in [0.717, 1.165) is 30.8 Å². The highest BCUT2D eigenvalue weighted by molar-refractivity contribution is 5.64. The molecule has 0 fully saturated rings. The Morgan fingerprint density at radius 3 is 2.65 bits per heavy atom. The van der Waals surface area contributed by atoms with Gasteiger partial charge in [-0.1, -0.05) is 25.5 Å². The molecule has 0 aliphatic carbocycles. The molecule has 1 aromatic carbocycles. The van der Waals surface area contributed by atoms with Gasteiger partial charge in [0.25, 0.3) is 0 Å². The van der Waals surface area contributed by atoms with Gasteiger partial charge < -0.3 is 15.2 Å². The third-order valence-electron chi connectivity index (χ3n) is 2.38. The van der Waals surface area contributed by atoms with Gasteiger partial charge in [-0.3, -0.25) is 0 Å². The first kappa shape index (κ1) is 13.4. The van der Waals surface area contributed by atoms with Gasteiger partial charge in [0, 0.05) is 6.54 Å². The Labute approximate surface area is 102 Å². The molecule has 94 valence electrons. The number of ether oxygens (including phenoxy) is 1. The summed E-state index contributed by atoms with van der Waals surface area (Å²) >= 11 is 0. The Bertz CT molecular complexity index is 335. The van der Waals surface area contributed by atoms with Gasteiger partial charge in [-0.2, -0.15) is 0 Å². The highest BCUT2D eigenvalue weighted by Crippen LogP contribution is 2.12. The van der Waals surface area contributed by atoms with Crippen molar-refractivity contribution in [2.24, 2.45) is 0 Å². The summed E-state index contributed by atoms with van der Waals surface area (Å²) in [6.07, 6.45) is 1.90. The highest BCUT2D eigenvalue weighted by Gasteiger charge is 1.97. The van der Waals surface area contributed by atoms with Gasteiger partial charge in [-0.05, 0) is 30.5 Å². The van der Waals surface area contributed by atoms with Crippen molar-refractivity contribution in [3.05, 3.63) is 29.8 Å². The van der Waals surface area contributed by atoms with E-state index in [1.807, 2.05) is 24.3 Å². The predicted molar refractivity (Wildman–Crippen MR) is 66.6 cm³/mol. The van der Waals surface area contributed by atoms with Crippen LogP contribution < -0.4 is 10.1 Å². The van der Waals surface area contributed by atoms with Crippen LogP contribution in [0.15, 0.2) is 24.3 Å². The largest absolute Gasteiger partial charge is 0.494 e. The van der Waals surface area contributed by atoms with E-state index in [0.29, 0.717) is 13.0 Å². The van der Waals surface area contributed by atoms with Gasteiger partial charge >= 0.3 is 6.09 Å². The fraction of sp³-hybridized carbons (Fsp3) is 0.462. The van der Waals surface area contributed by atoms with Crippen molar-refractivity contribution in [3.63, 3.8) is 0 Å². The molecule has 0 aromatic heterocycles. The molecule has 1 amide bonds. The minimum Gasteiger partial charge on any atom is -0.494 e. The smallest absolute Gasteiger partial charge is 0.404 e. The molecule has 0 spiro atoms. The normalized spacial score (nSPS) is 9.94. The second-order valence-corrected chi connectivity index (χ2v) is 3.83. The second kappa shape index (κ2) is 7.54. The monoisotopic (exact) mass is 237 g/mol. The van der Waals surface area contributed by atoms with Crippen LogP contribution in [0.4, 0.5) is 4.79 Å². The van der Waals surface area contributed by atoms with Gasteiger partial charge in [0.15, 0.2) is 0 Å². The number of nitrogens with one attached hydrogen (secondary N) is 1. The maximum absolute atomic E-state index is 10.3. The van der Waals surface area contributed by atoms with Crippen molar-refractivity contribution >= 4 is 6.09 Å². The summed E-state index contributed by atoms with van der Waals surface area (Å²) in [4.78, 5) is 10.3. The lowest BCUT2D eigenvalue weighted by Gasteiger charge is -2.06. The average molecular weight is 237 g/mol.